The van der Waals surface area contributed by atoms with E-state index in [4.69, 9.17) is 4.74 Å². The van der Waals surface area contributed by atoms with Crippen molar-refractivity contribution in [3.63, 3.8) is 0 Å². The SMILES string of the molecule is COc1ccc2c(c1)nnn2CCCC(=O)[N+](=O)C1CC1. The number of benzene rings is 1. The normalized spacial score (nSPS) is 14.3. The monoisotopic (exact) mass is 289 g/mol. The quantitative estimate of drug-likeness (QED) is 0.756. The number of amides is 1. The van der Waals surface area contributed by atoms with Crippen molar-refractivity contribution in [3.05, 3.63) is 23.1 Å². The van der Waals surface area contributed by atoms with E-state index in [0.717, 1.165) is 29.6 Å². The minimum atomic E-state index is -0.330. The van der Waals surface area contributed by atoms with Gasteiger partial charge < -0.3 is 4.74 Å². The molecule has 1 aliphatic carbocycles. The molecule has 110 valence electrons. The number of hydrogen-bond donors (Lipinski definition) is 0. The van der Waals surface area contributed by atoms with Gasteiger partial charge in [-0.1, -0.05) is 5.21 Å². The Morgan fingerprint density at radius 3 is 3.00 bits per heavy atom. The summed E-state index contributed by atoms with van der Waals surface area (Å²) in [4.78, 5) is 23.2. The van der Waals surface area contributed by atoms with Crippen LogP contribution in [0.1, 0.15) is 25.7 Å². The van der Waals surface area contributed by atoms with Crippen LogP contribution >= 0.6 is 0 Å². The number of fused-ring (bicyclic) bond motifs is 1. The second-order valence-corrected chi connectivity index (χ2v) is 5.22. The Kier molecular flexibility index (Phi) is 3.64. The third-order valence-corrected chi connectivity index (χ3v) is 3.61. The molecule has 1 fully saturated rings. The van der Waals surface area contributed by atoms with Gasteiger partial charge in [0.25, 0.3) is 0 Å². The average molecular weight is 289 g/mol. The molecule has 1 aromatic carbocycles. The summed E-state index contributed by atoms with van der Waals surface area (Å²) in [6.45, 7) is 0.563. The Bertz CT molecular complexity index is 691. The third kappa shape index (κ3) is 2.91. The van der Waals surface area contributed by atoms with Gasteiger partial charge in [0.15, 0.2) is 0 Å². The first kappa shape index (κ1) is 13.7. The van der Waals surface area contributed by atoms with Gasteiger partial charge in [-0.05, 0) is 18.6 Å². The number of carbonyl (C=O) groups is 1. The van der Waals surface area contributed by atoms with E-state index in [9.17, 15) is 9.70 Å². The highest BCUT2D eigenvalue weighted by Crippen LogP contribution is 2.23. The van der Waals surface area contributed by atoms with Gasteiger partial charge in [0.05, 0.1) is 23.8 Å². The summed E-state index contributed by atoms with van der Waals surface area (Å²) >= 11 is 0. The number of hydrogen-bond acceptors (Lipinski definition) is 5. The summed E-state index contributed by atoms with van der Waals surface area (Å²) in [7, 11) is 1.60. The molecule has 0 atom stereocenters. The Morgan fingerprint density at radius 1 is 1.48 bits per heavy atom. The first-order valence-electron chi connectivity index (χ1n) is 7.05. The molecule has 0 unspecified atom stereocenters. The number of carbonyl (C=O) groups excluding carboxylic acids is 1. The molecule has 0 spiro atoms. The minimum Gasteiger partial charge on any atom is -0.497 e. The van der Waals surface area contributed by atoms with Crippen LogP contribution in [0, 0.1) is 4.91 Å². The largest absolute Gasteiger partial charge is 0.497 e. The summed E-state index contributed by atoms with van der Waals surface area (Å²) < 4.78 is 7.51. The smallest absolute Gasteiger partial charge is 0.433 e. The van der Waals surface area contributed by atoms with Crippen LogP contribution in [0.3, 0.4) is 0 Å². The van der Waals surface area contributed by atoms with E-state index >= 15 is 0 Å². The number of rotatable bonds is 6. The number of aryl methyl sites for hydroxylation is 1. The molecule has 0 radical (unpaired) electrons. The first-order chi connectivity index (χ1) is 10.2. The van der Waals surface area contributed by atoms with E-state index in [2.05, 4.69) is 10.3 Å². The molecule has 1 heterocycles. The lowest BCUT2D eigenvalue weighted by Crippen LogP contribution is -2.20. The molecule has 0 bridgehead atoms. The van der Waals surface area contributed by atoms with Crippen LogP contribution in [0.2, 0.25) is 0 Å². The lowest BCUT2D eigenvalue weighted by atomic mass is 10.2. The zero-order valence-electron chi connectivity index (χ0n) is 11.9. The van der Waals surface area contributed by atoms with Gasteiger partial charge >= 0.3 is 5.91 Å². The lowest BCUT2D eigenvalue weighted by molar-refractivity contribution is -0.483. The van der Waals surface area contributed by atoms with Crippen molar-refractivity contribution >= 4 is 16.9 Å². The van der Waals surface area contributed by atoms with Crippen LogP contribution in [0.25, 0.3) is 11.0 Å². The van der Waals surface area contributed by atoms with Gasteiger partial charge in [-0.15, -0.1) is 5.10 Å². The molecule has 3 rings (SSSR count). The summed E-state index contributed by atoms with van der Waals surface area (Å²) in [6.07, 6.45) is 2.50. The molecule has 1 amide bonds. The fourth-order valence-electron chi connectivity index (χ4n) is 2.25. The van der Waals surface area contributed by atoms with Crippen molar-refractivity contribution in [2.45, 2.75) is 38.3 Å². The van der Waals surface area contributed by atoms with Gasteiger partial charge in [0, 0.05) is 30.4 Å². The highest BCUT2D eigenvalue weighted by atomic mass is 16.5. The van der Waals surface area contributed by atoms with E-state index in [0.29, 0.717) is 17.7 Å². The fourth-order valence-corrected chi connectivity index (χ4v) is 2.25. The highest BCUT2D eigenvalue weighted by molar-refractivity contribution is 5.76. The number of ether oxygens (including phenoxy) is 1. The predicted octanol–water partition coefficient (Wildman–Crippen LogP) is 1.69. The van der Waals surface area contributed by atoms with E-state index in [1.807, 2.05) is 18.2 Å². The Labute approximate surface area is 121 Å². The third-order valence-electron chi connectivity index (χ3n) is 3.61. The number of nitroso groups, excluding NO2 is 1. The zero-order valence-corrected chi connectivity index (χ0v) is 11.9. The fraction of sp³-hybridized carbons (Fsp3) is 0.500. The van der Waals surface area contributed by atoms with Crippen LogP contribution in [-0.4, -0.2) is 38.8 Å². The van der Waals surface area contributed by atoms with Crippen LogP contribution in [0.4, 0.5) is 0 Å². The molecular formula is C14H17N4O3+. The Morgan fingerprint density at radius 2 is 2.29 bits per heavy atom. The lowest BCUT2D eigenvalue weighted by Gasteiger charge is -2.01. The van der Waals surface area contributed by atoms with Crippen molar-refractivity contribution in [2.75, 3.05) is 7.11 Å². The summed E-state index contributed by atoms with van der Waals surface area (Å²) in [5.74, 6) is 0.403. The molecule has 1 aliphatic rings. The van der Waals surface area contributed by atoms with Crippen LogP contribution in [0.5, 0.6) is 5.75 Å². The van der Waals surface area contributed by atoms with Gasteiger partial charge in [-0.25, -0.2) is 9.48 Å². The van der Waals surface area contributed by atoms with Crippen molar-refractivity contribution in [1.82, 2.24) is 15.0 Å². The van der Waals surface area contributed by atoms with Crippen molar-refractivity contribution in [3.8, 4) is 5.75 Å². The van der Waals surface area contributed by atoms with E-state index in [-0.39, 0.29) is 18.4 Å². The standard InChI is InChI=1S/C14H17N4O3/c1-21-11-6-7-13-12(9-11)15-16-17(13)8-2-3-14(19)18(20)10-4-5-10/h6-7,9-10H,2-5,8H2,1H3/q+1. The van der Waals surface area contributed by atoms with Gasteiger partial charge in [0.1, 0.15) is 11.3 Å². The maximum atomic E-state index is 11.7. The number of methoxy groups -OCH3 is 1. The van der Waals surface area contributed by atoms with Crippen molar-refractivity contribution in [1.29, 1.82) is 0 Å². The van der Waals surface area contributed by atoms with Gasteiger partial charge in [0.2, 0.25) is 6.04 Å². The molecule has 1 aromatic heterocycles. The highest BCUT2D eigenvalue weighted by Gasteiger charge is 2.42. The maximum Gasteiger partial charge on any atom is 0.433 e. The van der Waals surface area contributed by atoms with Gasteiger partial charge in [-0.2, -0.15) is 0 Å². The van der Waals surface area contributed by atoms with Crippen molar-refractivity contribution in [2.24, 2.45) is 0 Å². The second kappa shape index (κ2) is 5.59. The molecule has 0 N–H and O–H groups in total. The van der Waals surface area contributed by atoms with Gasteiger partial charge in [-0.3, -0.25) is 0 Å². The number of aromatic nitrogens is 3. The topological polar surface area (TPSA) is 77.1 Å². The van der Waals surface area contributed by atoms with Crippen LogP contribution < -0.4 is 4.74 Å². The Hall–Kier alpha value is -2.31. The summed E-state index contributed by atoms with van der Waals surface area (Å²) in [6, 6.07) is 5.48. The summed E-state index contributed by atoms with van der Waals surface area (Å²) in [5, 5.41) is 8.14. The molecule has 2 aromatic rings. The molecule has 7 nitrogen and oxygen atoms in total. The molecule has 0 aliphatic heterocycles. The maximum absolute atomic E-state index is 11.7. The zero-order chi connectivity index (χ0) is 14.8. The Balaban J connectivity index is 1.60. The molecule has 21 heavy (non-hydrogen) atoms. The number of nitrogens with zero attached hydrogens (tertiary/aromatic N) is 4. The van der Waals surface area contributed by atoms with Crippen molar-refractivity contribution < 1.29 is 14.3 Å². The molecule has 1 saturated carbocycles. The molecule has 7 heteroatoms. The van der Waals surface area contributed by atoms with E-state index in [1.165, 1.54) is 0 Å². The first-order valence-corrected chi connectivity index (χ1v) is 7.05. The molecule has 0 saturated heterocycles. The molecular weight excluding hydrogens is 272 g/mol. The second-order valence-electron chi connectivity index (χ2n) is 5.22. The average Bonchev–Trinajstić information content (AvgIpc) is 3.28. The predicted molar refractivity (Wildman–Crippen MR) is 75.0 cm³/mol. The minimum absolute atomic E-state index is 0.0721. The van der Waals surface area contributed by atoms with Crippen LogP contribution in [-0.2, 0) is 11.3 Å². The van der Waals surface area contributed by atoms with E-state index in [1.54, 1.807) is 11.8 Å². The summed E-state index contributed by atoms with van der Waals surface area (Å²) in [5.41, 5.74) is 1.65. The van der Waals surface area contributed by atoms with Crippen LogP contribution in [0.15, 0.2) is 18.2 Å². The van der Waals surface area contributed by atoms with E-state index < -0.39 is 0 Å².